The number of aliphatic carboxylic acids is 4. The monoisotopic (exact) mass is 1070 g/mol. The van der Waals surface area contributed by atoms with Crippen LogP contribution in [0.2, 0.25) is 0 Å². The number of hydrogen-bond donors (Lipinski definition) is 6. The minimum atomic E-state index is -1.20. The molecule has 20 heteroatoms. The topological polar surface area (TPSA) is 253 Å². The number of H-pyrrole nitrogens is 1. The fourth-order valence-electron chi connectivity index (χ4n) is 7.41. The summed E-state index contributed by atoms with van der Waals surface area (Å²) in [6.07, 6.45) is 3.76. The first-order valence-electron chi connectivity index (χ1n) is 20.8. The van der Waals surface area contributed by atoms with Crippen LogP contribution in [0.3, 0.4) is 0 Å². The number of benzene rings is 2. The number of anilines is 1. The van der Waals surface area contributed by atoms with E-state index in [1.54, 1.807) is 24.5 Å². The quantitative estimate of drug-likeness (QED) is 0.121. The van der Waals surface area contributed by atoms with Gasteiger partial charge in [0.05, 0.1) is 31.9 Å². The van der Waals surface area contributed by atoms with Crippen molar-refractivity contribution in [1.29, 1.82) is 0 Å². The summed E-state index contributed by atoms with van der Waals surface area (Å²) >= 11 is 0. The Morgan fingerprint density at radius 1 is 0.677 bits per heavy atom. The van der Waals surface area contributed by atoms with E-state index in [2.05, 4.69) is 34.6 Å². The van der Waals surface area contributed by atoms with Crippen LogP contribution >= 0.6 is 0 Å². The van der Waals surface area contributed by atoms with Crippen LogP contribution in [-0.2, 0) is 35.3 Å². The molecule has 2 amide bonds. The second-order valence-corrected chi connectivity index (χ2v) is 15.1. The number of hydrogen-bond acceptors (Lipinski definition) is 12. The number of aromatic nitrogens is 3. The van der Waals surface area contributed by atoms with Gasteiger partial charge in [-0.05, 0) is 18.1 Å². The Hall–Kier alpha value is -4.32. The molecule has 1 fully saturated rings. The molecule has 0 aliphatic carbocycles. The van der Waals surface area contributed by atoms with Crippen molar-refractivity contribution < 1.29 is 93.3 Å². The molecule has 3 aromatic rings. The van der Waals surface area contributed by atoms with Gasteiger partial charge in [-0.15, -0.1) is 0 Å². The third kappa shape index (κ3) is 16.4. The summed E-state index contributed by atoms with van der Waals surface area (Å²) in [7, 11) is 0. The van der Waals surface area contributed by atoms with Crippen LogP contribution in [0.1, 0.15) is 57.9 Å². The van der Waals surface area contributed by atoms with Crippen molar-refractivity contribution in [3.05, 3.63) is 54.1 Å². The van der Waals surface area contributed by atoms with Gasteiger partial charge in [0.15, 0.2) is 0 Å². The zero-order valence-corrected chi connectivity index (χ0v) is 40.3. The number of carboxylic acid groups (broad SMARTS) is 4. The van der Waals surface area contributed by atoms with Crippen LogP contribution in [0.4, 0.5) is 5.69 Å². The number of para-hydroxylation sites is 1. The molecule has 6 N–H and O–H groups in total. The van der Waals surface area contributed by atoms with Gasteiger partial charge in [-0.3, -0.25) is 48.4 Å². The Morgan fingerprint density at radius 2 is 1.16 bits per heavy atom. The maximum Gasteiger partial charge on any atom is 0.320 e. The molecular formula is C42H59AcN9O10. The van der Waals surface area contributed by atoms with E-state index in [9.17, 15) is 49.2 Å². The molecule has 1 atom stereocenters. The smallest absolute Gasteiger partial charge is 0.320 e. The fourth-order valence-corrected chi connectivity index (χ4v) is 7.41. The Kier molecular flexibility index (Phi) is 22.7. The van der Waals surface area contributed by atoms with Gasteiger partial charge in [0.1, 0.15) is 17.4 Å². The Labute approximate surface area is 397 Å². The first kappa shape index (κ1) is 52.0. The van der Waals surface area contributed by atoms with Gasteiger partial charge in [-0.25, -0.2) is 0 Å². The molecule has 0 bridgehead atoms. The summed E-state index contributed by atoms with van der Waals surface area (Å²) < 4.78 is 0. The molecule has 0 spiro atoms. The van der Waals surface area contributed by atoms with E-state index < -0.39 is 35.8 Å². The molecule has 5 rings (SSSR count). The minimum Gasteiger partial charge on any atom is -0.480 e. The van der Waals surface area contributed by atoms with E-state index in [0.29, 0.717) is 17.1 Å². The van der Waals surface area contributed by atoms with Crippen LogP contribution in [0.15, 0.2) is 48.5 Å². The van der Waals surface area contributed by atoms with Crippen molar-refractivity contribution in [2.24, 2.45) is 0 Å². The predicted molar refractivity (Wildman–Crippen MR) is 226 cm³/mol. The molecule has 1 aromatic heterocycles. The molecule has 1 saturated heterocycles. The maximum atomic E-state index is 13.8. The zero-order valence-electron chi connectivity index (χ0n) is 35.6. The van der Waals surface area contributed by atoms with Crippen LogP contribution in [-0.4, -0.2) is 176 Å². The summed E-state index contributed by atoms with van der Waals surface area (Å²) in [6, 6.07) is 13.8. The molecule has 1 unspecified atom stereocenters. The van der Waals surface area contributed by atoms with Crippen LogP contribution in [0.25, 0.3) is 22.5 Å². The third-order valence-electron chi connectivity index (χ3n) is 10.6. The first-order chi connectivity index (χ1) is 29.3. The normalized spacial score (nSPS) is 15.8. The molecule has 2 aliphatic heterocycles. The summed E-state index contributed by atoms with van der Waals surface area (Å²) in [5, 5.41) is 52.9. The van der Waals surface area contributed by atoms with Crippen LogP contribution in [0.5, 0.6) is 0 Å². The van der Waals surface area contributed by atoms with Gasteiger partial charge in [0.2, 0.25) is 11.8 Å². The summed E-state index contributed by atoms with van der Waals surface area (Å²) in [4.78, 5) is 82.3. The minimum absolute atomic E-state index is 0. The summed E-state index contributed by atoms with van der Waals surface area (Å²) in [6.45, 7) is 4.89. The summed E-state index contributed by atoms with van der Waals surface area (Å²) in [5.74, 6) is -5.18. The van der Waals surface area contributed by atoms with E-state index in [0.717, 1.165) is 16.7 Å². The summed E-state index contributed by atoms with van der Waals surface area (Å²) in [5.41, 5.74) is 4.36. The second-order valence-electron chi connectivity index (χ2n) is 15.1. The Morgan fingerprint density at radius 3 is 1.66 bits per heavy atom. The maximum absolute atomic E-state index is 13.8. The van der Waals surface area contributed by atoms with Gasteiger partial charge < -0.3 is 30.6 Å². The number of aromatic amines is 1. The molecule has 335 valence electrons. The number of carbonyl (C=O) groups is 6. The van der Waals surface area contributed by atoms with E-state index in [1.807, 2.05) is 48.5 Å². The molecular weight excluding hydrogens is 1020 g/mol. The third-order valence-corrected chi connectivity index (χ3v) is 10.6. The zero-order chi connectivity index (χ0) is 44.3. The molecule has 0 saturated carbocycles. The van der Waals surface area contributed by atoms with E-state index in [-0.39, 0.29) is 154 Å². The fraction of sp³-hybridized carbons (Fsp3) is 0.524. The van der Waals surface area contributed by atoms with Crippen molar-refractivity contribution in [3.63, 3.8) is 0 Å². The van der Waals surface area contributed by atoms with Crippen molar-refractivity contribution >= 4 is 41.4 Å². The number of nitrogens with zero attached hydrogens (tertiary/aromatic N) is 7. The van der Waals surface area contributed by atoms with Crippen molar-refractivity contribution in [3.8, 4) is 22.5 Å². The number of rotatable bonds is 16. The van der Waals surface area contributed by atoms with Crippen molar-refractivity contribution in [2.75, 3.05) is 83.4 Å². The van der Waals surface area contributed by atoms with Gasteiger partial charge in [-0.2, -0.15) is 15.4 Å². The molecule has 3 heterocycles. The van der Waals surface area contributed by atoms with Gasteiger partial charge in [0.25, 0.3) is 0 Å². The first-order valence-corrected chi connectivity index (χ1v) is 20.8. The average molecular weight is 1080 g/mol. The second kappa shape index (κ2) is 27.0. The van der Waals surface area contributed by atoms with E-state index in [4.69, 9.17) is 0 Å². The SMILES string of the molecule is CCCCC.O=C(O)CN1CCN(CC(=O)O)CCN(C(CCC(=O)NCCC(=O)N2Cc3ccccc3-c3n[nH]nc3-c3ccccc32)C(=O)O)CCN(CC(=O)O)CC1.[225Ac]. The van der Waals surface area contributed by atoms with Gasteiger partial charge >= 0.3 is 23.9 Å². The van der Waals surface area contributed by atoms with Crippen LogP contribution < -0.4 is 10.2 Å². The average Bonchev–Trinajstić information content (AvgIpc) is 3.69. The van der Waals surface area contributed by atoms with Crippen molar-refractivity contribution in [1.82, 2.24) is 40.3 Å². The molecule has 19 nitrogen and oxygen atoms in total. The van der Waals surface area contributed by atoms with E-state index in [1.165, 1.54) is 19.3 Å². The Bertz CT molecular complexity index is 1920. The Balaban J connectivity index is 0.00000161. The predicted octanol–water partition coefficient (Wildman–Crippen LogP) is 2.40. The van der Waals surface area contributed by atoms with E-state index >= 15 is 0 Å². The number of unbranched alkanes of at least 4 members (excludes halogenated alkanes) is 2. The van der Waals surface area contributed by atoms with Crippen molar-refractivity contribution in [2.45, 2.75) is 65.0 Å². The number of carboxylic acids is 4. The number of amides is 2. The number of fused-ring (bicyclic) bond motifs is 5. The molecule has 62 heavy (non-hydrogen) atoms. The standard InChI is InChI=1S/C37H47N9O10.C5H12.Ac/c47-30(38-12-11-31(48)46-21-25-5-1-2-6-26(25)35-36(40-41-39-35)27-7-3-4-8-28(27)46)10-9-29(37(55)56)45-19-17-43(23-33(51)52)15-13-42(22-32(49)50)14-16-44(18-20-45)24-34(53)54;1-3-5-4-2;/h1-8,29H,9-24H2,(H,38,47)(H,49,50)(H,51,52)(H,53,54)(H,55,56)(H,39,40,41);3-5H2,1-2H3;/i;;1-2. The molecule has 2 aliphatic rings. The largest absolute Gasteiger partial charge is 0.480 e. The molecule has 2 aromatic carbocycles. The van der Waals surface area contributed by atoms with Crippen LogP contribution in [0, 0.1) is 44.1 Å². The van der Waals surface area contributed by atoms with Gasteiger partial charge in [-0.1, -0.05) is 75.6 Å². The molecule has 1 radical (unpaired) electrons. The van der Waals surface area contributed by atoms with Gasteiger partial charge in [0, 0.05) is 127 Å². The number of carbonyl (C=O) groups excluding carboxylic acids is 2. The number of nitrogens with one attached hydrogen (secondary N) is 2.